The molecule has 1 amide bonds. The van der Waals surface area contributed by atoms with Gasteiger partial charge in [-0.15, -0.1) is 0 Å². The van der Waals surface area contributed by atoms with Gasteiger partial charge in [-0.3, -0.25) is 9.69 Å². The van der Waals surface area contributed by atoms with Gasteiger partial charge in [0.25, 0.3) is 0 Å². The average Bonchev–Trinajstić information content (AvgIpc) is 2.87. The predicted octanol–water partition coefficient (Wildman–Crippen LogP) is 4.61. The quantitative estimate of drug-likeness (QED) is 0.475. The lowest BCUT2D eigenvalue weighted by atomic mass is 9.86. The lowest BCUT2D eigenvalue weighted by molar-refractivity contribution is -0.124. The zero-order chi connectivity index (χ0) is 25.7. The van der Waals surface area contributed by atoms with E-state index in [-0.39, 0.29) is 18.3 Å². The van der Waals surface area contributed by atoms with Gasteiger partial charge in [-0.05, 0) is 74.4 Å². The molecule has 0 aromatic heterocycles. The molecule has 4 rings (SSSR count). The summed E-state index contributed by atoms with van der Waals surface area (Å²) in [6, 6.07) is 10.8. The third kappa shape index (κ3) is 6.07. The van der Waals surface area contributed by atoms with E-state index in [9.17, 15) is 9.90 Å². The van der Waals surface area contributed by atoms with Crippen LogP contribution in [0.15, 0.2) is 30.3 Å². The summed E-state index contributed by atoms with van der Waals surface area (Å²) in [5.41, 5.74) is 4.92. The molecule has 0 saturated carbocycles. The van der Waals surface area contributed by atoms with Crippen molar-refractivity contribution in [3.63, 3.8) is 0 Å². The number of anilines is 1. The number of aromatic hydroxyl groups is 1. The Bertz CT molecular complexity index is 1060. The van der Waals surface area contributed by atoms with Crippen molar-refractivity contribution < 1.29 is 19.4 Å². The maximum Gasteiger partial charge on any atom is 0.245 e. The summed E-state index contributed by atoms with van der Waals surface area (Å²) in [5, 5.41) is 13.3. The number of nitrogens with zero attached hydrogens (tertiary/aromatic N) is 2. The van der Waals surface area contributed by atoms with E-state index in [4.69, 9.17) is 21.1 Å². The molecule has 2 aliphatic heterocycles. The number of carbonyl (C=O) groups is 1. The number of halogens is 1. The highest BCUT2D eigenvalue weighted by molar-refractivity contribution is 6.32. The first-order valence-electron chi connectivity index (χ1n) is 12.9. The third-order valence-electron chi connectivity index (χ3n) is 7.55. The van der Waals surface area contributed by atoms with Crippen LogP contribution >= 0.6 is 11.6 Å². The van der Waals surface area contributed by atoms with Gasteiger partial charge in [0.1, 0.15) is 18.1 Å². The molecule has 196 valence electrons. The minimum absolute atomic E-state index is 0.0857. The number of ether oxygens (including phenoxy) is 2. The van der Waals surface area contributed by atoms with Crippen molar-refractivity contribution >= 4 is 23.2 Å². The van der Waals surface area contributed by atoms with Crippen molar-refractivity contribution in [2.75, 3.05) is 51.4 Å². The molecule has 2 unspecified atom stereocenters. The highest BCUT2D eigenvalue weighted by Gasteiger charge is 2.36. The van der Waals surface area contributed by atoms with Gasteiger partial charge in [0.15, 0.2) is 0 Å². The summed E-state index contributed by atoms with van der Waals surface area (Å²) in [6.45, 7) is 8.43. The Morgan fingerprint density at radius 1 is 1.17 bits per heavy atom. The topological polar surface area (TPSA) is 74.3 Å². The second-order valence-electron chi connectivity index (χ2n) is 9.81. The van der Waals surface area contributed by atoms with Crippen LogP contribution in [0.4, 0.5) is 5.69 Å². The Balaban J connectivity index is 1.37. The molecule has 2 aromatic rings. The third-order valence-corrected chi connectivity index (χ3v) is 7.87. The van der Waals surface area contributed by atoms with Gasteiger partial charge < -0.3 is 24.8 Å². The molecule has 2 atom stereocenters. The smallest absolute Gasteiger partial charge is 0.245 e. The van der Waals surface area contributed by atoms with Gasteiger partial charge in [-0.2, -0.15) is 0 Å². The van der Waals surface area contributed by atoms with Crippen molar-refractivity contribution in [1.82, 2.24) is 10.2 Å². The Hall–Kier alpha value is -2.48. The first kappa shape index (κ1) is 26.6. The van der Waals surface area contributed by atoms with E-state index in [0.29, 0.717) is 30.3 Å². The first-order chi connectivity index (χ1) is 17.4. The maximum absolute atomic E-state index is 11.5. The minimum Gasteiger partial charge on any atom is -0.506 e. The largest absolute Gasteiger partial charge is 0.506 e. The summed E-state index contributed by atoms with van der Waals surface area (Å²) in [4.78, 5) is 16.5. The lowest BCUT2D eigenvalue weighted by Crippen LogP contribution is -2.56. The molecule has 2 N–H and O–H groups in total. The zero-order valence-corrected chi connectivity index (χ0v) is 22.3. The number of carbonyl (C=O) groups excluding carboxylic acids is 1. The van der Waals surface area contributed by atoms with E-state index in [1.807, 2.05) is 6.07 Å². The number of piperazine rings is 1. The number of benzene rings is 2. The molecule has 0 bridgehead atoms. The van der Waals surface area contributed by atoms with Crippen molar-refractivity contribution in [2.45, 2.75) is 51.6 Å². The zero-order valence-electron chi connectivity index (χ0n) is 21.6. The van der Waals surface area contributed by atoms with Crippen LogP contribution in [-0.2, 0) is 9.53 Å². The molecule has 2 heterocycles. The molecule has 8 heteroatoms. The number of hydrogen-bond acceptors (Lipinski definition) is 6. The number of hydrogen-bond donors (Lipinski definition) is 2. The molecular formula is C28H38ClN3O4. The van der Waals surface area contributed by atoms with Crippen LogP contribution in [0.2, 0.25) is 5.02 Å². The molecule has 7 nitrogen and oxygen atoms in total. The van der Waals surface area contributed by atoms with E-state index in [1.54, 1.807) is 12.1 Å². The maximum atomic E-state index is 11.5. The van der Waals surface area contributed by atoms with E-state index >= 15 is 0 Å². The molecule has 2 saturated heterocycles. The number of amides is 1. The van der Waals surface area contributed by atoms with Crippen LogP contribution < -0.4 is 15.0 Å². The highest BCUT2D eigenvalue weighted by Crippen LogP contribution is 2.40. The Labute approximate surface area is 219 Å². The number of methoxy groups -OCH3 is 1. The molecular weight excluding hydrogens is 478 g/mol. The molecule has 0 spiro atoms. The van der Waals surface area contributed by atoms with E-state index in [2.05, 4.69) is 41.1 Å². The van der Waals surface area contributed by atoms with Crippen LogP contribution in [0.25, 0.3) is 0 Å². The average molecular weight is 516 g/mol. The summed E-state index contributed by atoms with van der Waals surface area (Å²) >= 11 is 6.01. The fourth-order valence-corrected chi connectivity index (χ4v) is 5.63. The van der Waals surface area contributed by atoms with Crippen molar-refractivity contribution in [1.29, 1.82) is 0 Å². The molecule has 2 fully saturated rings. The van der Waals surface area contributed by atoms with E-state index in [1.165, 1.54) is 43.1 Å². The molecule has 0 radical (unpaired) electrons. The van der Waals surface area contributed by atoms with Gasteiger partial charge in [0, 0.05) is 57.1 Å². The number of piperidine rings is 1. The fraction of sp³-hybridized carbons (Fsp3) is 0.536. The monoisotopic (exact) mass is 515 g/mol. The summed E-state index contributed by atoms with van der Waals surface area (Å²) in [5.74, 6) is 0.952. The van der Waals surface area contributed by atoms with Gasteiger partial charge >= 0.3 is 0 Å². The standard InChI is InChI=1S/C28H38ClN3O4/c1-19-20(2)27(36-15-5-12-30-28(34)18-35-3)11-9-23(19)25-7-4-6-22-17-31(13-14-32(22)25)21-8-10-24(29)26(33)16-21/h8-11,16,22,25,33H,4-7,12-15,17-18H2,1-3H3,(H,30,34). The summed E-state index contributed by atoms with van der Waals surface area (Å²) < 4.78 is 10.9. The SMILES string of the molecule is COCC(=O)NCCCOc1ccc(C2CCCC3CN(c4ccc(Cl)c(O)c4)CCN32)c(C)c1C. The number of phenols is 1. The van der Waals surface area contributed by atoms with E-state index in [0.717, 1.165) is 37.5 Å². The van der Waals surface area contributed by atoms with Crippen molar-refractivity contribution in [3.8, 4) is 11.5 Å². The molecule has 0 aliphatic carbocycles. The van der Waals surface area contributed by atoms with Crippen LogP contribution in [0.5, 0.6) is 11.5 Å². The van der Waals surface area contributed by atoms with Gasteiger partial charge in [0.05, 0.1) is 11.6 Å². The molecule has 2 aromatic carbocycles. The van der Waals surface area contributed by atoms with Crippen LogP contribution in [-0.4, -0.2) is 68.5 Å². The number of phenolic OH excluding ortho intramolecular Hbond substituents is 1. The van der Waals surface area contributed by atoms with Crippen LogP contribution in [0, 0.1) is 13.8 Å². The normalized spacial score (nSPS) is 20.2. The van der Waals surface area contributed by atoms with Gasteiger partial charge in [0.2, 0.25) is 5.91 Å². The molecule has 2 aliphatic rings. The number of rotatable bonds is 9. The second kappa shape index (κ2) is 12.2. The number of fused-ring (bicyclic) bond motifs is 1. The Kier molecular flexibility index (Phi) is 8.99. The Morgan fingerprint density at radius 2 is 2.00 bits per heavy atom. The van der Waals surface area contributed by atoms with Crippen LogP contribution in [0.3, 0.4) is 0 Å². The summed E-state index contributed by atoms with van der Waals surface area (Å²) in [6.07, 6.45) is 4.30. The molecule has 36 heavy (non-hydrogen) atoms. The van der Waals surface area contributed by atoms with Gasteiger partial charge in [-0.1, -0.05) is 17.7 Å². The van der Waals surface area contributed by atoms with Crippen molar-refractivity contribution in [3.05, 3.63) is 52.0 Å². The minimum atomic E-state index is -0.105. The fourth-order valence-electron chi connectivity index (χ4n) is 5.51. The van der Waals surface area contributed by atoms with Gasteiger partial charge in [-0.25, -0.2) is 0 Å². The van der Waals surface area contributed by atoms with E-state index < -0.39 is 0 Å². The Morgan fingerprint density at radius 3 is 2.78 bits per heavy atom. The summed E-state index contributed by atoms with van der Waals surface area (Å²) in [7, 11) is 1.51. The second-order valence-corrected chi connectivity index (χ2v) is 10.2. The highest BCUT2D eigenvalue weighted by atomic mass is 35.5. The first-order valence-corrected chi connectivity index (χ1v) is 13.2. The van der Waals surface area contributed by atoms with Crippen LogP contribution in [0.1, 0.15) is 48.4 Å². The predicted molar refractivity (Wildman–Crippen MR) is 143 cm³/mol. The lowest BCUT2D eigenvalue weighted by Gasteiger charge is -2.49. The van der Waals surface area contributed by atoms with Crippen molar-refractivity contribution in [2.24, 2.45) is 0 Å². The number of nitrogens with one attached hydrogen (secondary N) is 1.